The molecule has 2 rings (SSSR count). The van der Waals surface area contributed by atoms with Crippen LogP contribution >= 0.6 is 0 Å². The van der Waals surface area contributed by atoms with Gasteiger partial charge in [-0.2, -0.15) is 0 Å². The number of ether oxygens (including phenoxy) is 2. The van der Waals surface area contributed by atoms with Crippen molar-refractivity contribution in [2.45, 2.75) is 26.8 Å². The molecule has 1 heterocycles. The number of hydrogen-bond donors (Lipinski definition) is 0. The molecule has 0 saturated carbocycles. The molecule has 0 spiro atoms. The van der Waals surface area contributed by atoms with E-state index in [1.165, 1.54) is 7.11 Å². The molecule has 1 aromatic carbocycles. The van der Waals surface area contributed by atoms with Crippen LogP contribution in [0.2, 0.25) is 0 Å². The van der Waals surface area contributed by atoms with E-state index in [4.69, 9.17) is 4.74 Å². The lowest BCUT2D eigenvalue weighted by molar-refractivity contribution is -0.136. The van der Waals surface area contributed by atoms with Crippen LogP contribution in [-0.2, 0) is 16.1 Å². The topological polar surface area (TPSA) is 40.5 Å². The molecule has 0 atom stereocenters. The van der Waals surface area contributed by atoms with E-state index in [0.29, 0.717) is 12.1 Å². The molecule has 0 unspecified atom stereocenters. The lowest BCUT2D eigenvalue weighted by atomic mass is 10.2. The minimum atomic E-state index is -0.290. The predicted molar refractivity (Wildman–Crippen MR) is 83.5 cm³/mol. The second-order valence-corrected chi connectivity index (χ2v) is 4.92. The maximum Gasteiger partial charge on any atom is 0.333 e. The zero-order chi connectivity index (χ0) is 15.2. The van der Waals surface area contributed by atoms with Gasteiger partial charge in [-0.3, -0.25) is 0 Å². The Bertz CT molecular complexity index is 655. The smallest absolute Gasteiger partial charge is 0.333 e. The van der Waals surface area contributed by atoms with Crippen molar-refractivity contribution in [1.29, 1.82) is 0 Å². The Morgan fingerprint density at radius 3 is 2.86 bits per heavy atom. The summed E-state index contributed by atoms with van der Waals surface area (Å²) in [6, 6.07) is 8.11. The first-order valence-electron chi connectivity index (χ1n) is 7.12. The van der Waals surface area contributed by atoms with Gasteiger partial charge >= 0.3 is 5.97 Å². The van der Waals surface area contributed by atoms with Crippen molar-refractivity contribution in [3.05, 3.63) is 42.1 Å². The lowest BCUT2D eigenvalue weighted by Crippen LogP contribution is -2.03. The number of fused-ring (bicyclic) bond motifs is 1. The third kappa shape index (κ3) is 3.66. The molecule has 0 bridgehead atoms. The van der Waals surface area contributed by atoms with E-state index in [-0.39, 0.29) is 5.97 Å². The molecule has 0 saturated heterocycles. The van der Waals surface area contributed by atoms with Crippen molar-refractivity contribution in [2.24, 2.45) is 0 Å². The van der Waals surface area contributed by atoms with Gasteiger partial charge in [0.1, 0.15) is 5.75 Å². The fourth-order valence-electron chi connectivity index (χ4n) is 2.13. The summed E-state index contributed by atoms with van der Waals surface area (Å²) in [5, 5.41) is 1.13. The van der Waals surface area contributed by atoms with Gasteiger partial charge in [-0.25, -0.2) is 4.79 Å². The van der Waals surface area contributed by atoms with Crippen molar-refractivity contribution in [3.8, 4) is 5.75 Å². The minimum absolute atomic E-state index is 0.290. The van der Waals surface area contributed by atoms with E-state index in [0.717, 1.165) is 29.7 Å². The molecule has 4 heteroatoms. The molecule has 0 aliphatic rings. The van der Waals surface area contributed by atoms with Gasteiger partial charge < -0.3 is 14.0 Å². The number of methoxy groups -OCH3 is 1. The van der Waals surface area contributed by atoms with Gasteiger partial charge in [0.05, 0.1) is 13.7 Å². The second-order valence-electron chi connectivity index (χ2n) is 4.92. The highest BCUT2D eigenvalue weighted by atomic mass is 16.5. The third-order valence-corrected chi connectivity index (χ3v) is 3.32. The van der Waals surface area contributed by atoms with Crippen LogP contribution in [0, 0.1) is 0 Å². The third-order valence-electron chi connectivity index (χ3n) is 3.32. The van der Waals surface area contributed by atoms with Gasteiger partial charge in [0.15, 0.2) is 0 Å². The number of nitrogens with zero attached hydrogens (tertiary/aromatic N) is 1. The quantitative estimate of drug-likeness (QED) is 0.602. The monoisotopic (exact) mass is 287 g/mol. The lowest BCUT2D eigenvalue weighted by Gasteiger charge is -2.06. The molecular formula is C17H21NO3. The first-order chi connectivity index (χ1) is 10.2. The fraction of sp³-hybridized carbons (Fsp3) is 0.353. The summed E-state index contributed by atoms with van der Waals surface area (Å²) in [5.41, 5.74) is 1.73. The Morgan fingerprint density at radius 1 is 1.33 bits per heavy atom. The van der Waals surface area contributed by atoms with Gasteiger partial charge in [0, 0.05) is 29.2 Å². The maximum absolute atomic E-state index is 11.4. The summed E-state index contributed by atoms with van der Waals surface area (Å²) < 4.78 is 12.4. The van der Waals surface area contributed by atoms with E-state index in [9.17, 15) is 4.79 Å². The summed E-state index contributed by atoms with van der Waals surface area (Å²) in [5.74, 6) is 0.602. The molecule has 4 nitrogen and oxygen atoms in total. The van der Waals surface area contributed by atoms with Crippen molar-refractivity contribution in [3.63, 3.8) is 0 Å². The number of carbonyl (C=O) groups is 1. The maximum atomic E-state index is 11.4. The van der Waals surface area contributed by atoms with Crippen molar-refractivity contribution < 1.29 is 14.3 Å². The van der Waals surface area contributed by atoms with Crippen LogP contribution in [0.5, 0.6) is 5.75 Å². The van der Waals surface area contributed by atoms with Crippen LogP contribution in [0.3, 0.4) is 0 Å². The van der Waals surface area contributed by atoms with Crippen LogP contribution in [-0.4, -0.2) is 24.3 Å². The van der Waals surface area contributed by atoms with Gasteiger partial charge in [-0.05, 0) is 37.6 Å². The number of esters is 1. The Morgan fingerprint density at radius 2 is 2.14 bits per heavy atom. The number of benzene rings is 1. The van der Waals surface area contributed by atoms with E-state index in [1.54, 1.807) is 6.92 Å². The fourth-order valence-corrected chi connectivity index (χ4v) is 2.13. The summed E-state index contributed by atoms with van der Waals surface area (Å²) in [6.45, 7) is 5.21. The Labute approximate surface area is 125 Å². The first kappa shape index (κ1) is 15.2. The molecule has 0 radical (unpaired) electrons. The molecule has 112 valence electrons. The largest absolute Gasteiger partial charge is 0.494 e. The highest BCUT2D eigenvalue weighted by Crippen LogP contribution is 2.22. The SMILES string of the molecule is CCCOc1ccc2c(ccn2C/C=C(/C)C(=O)OC)c1. The predicted octanol–water partition coefficient (Wildman–Crippen LogP) is 3.55. The average molecular weight is 287 g/mol. The summed E-state index contributed by atoms with van der Waals surface area (Å²) in [6.07, 6.45) is 4.87. The number of hydrogen-bond acceptors (Lipinski definition) is 3. The van der Waals surface area contributed by atoms with Crippen molar-refractivity contribution >= 4 is 16.9 Å². The molecule has 0 amide bonds. The Kier molecular flexibility index (Phi) is 5.04. The standard InChI is InChI=1S/C17H21NO3/c1-4-11-21-15-5-6-16-14(12-15)8-10-18(16)9-7-13(2)17(19)20-3/h5-8,10,12H,4,9,11H2,1-3H3/b13-7-. The van der Waals surface area contributed by atoms with E-state index >= 15 is 0 Å². The number of aromatic nitrogens is 1. The zero-order valence-corrected chi connectivity index (χ0v) is 12.8. The van der Waals surface area contributed by atoms with Gasteiger partial charge in [-0.1, -0.05) is 13.0 Å². The summed E-state index contributed by atoms with van der Waals surface area (Å²) in [4.78, 5) is 11.4. The van der Waals surface area contributed by atoms with Crippen LogP contribution in [0.25, 0.3) is 10.9 Å². The Balaban J connectivity index is 2.17. The average Bonchev–Trinajstić information content (AvgIpc) is 2.92. The van der Waals surface area contributed by atoms with E-state index in [1.807, 2.05) is 30.5 Å². The Hall–Kier alpha value is -2.23. The van der Waals surface area contributed by atoms with Gasteiger partial charge in [0.2, 0.25) is 0 Å². The first-order valence-corrected chi connectivity index (χ1v) is 7.12. The van der Waals surface area contributed by atoms with E-state index < -0.39 is 0 Å². The van der Waals surface area contributed by atoms with Crippen LogP contribution in [0.1, 0.15) is 20.3 Å². The molecule has 0 fully saturated rings. The molecule has 0 aliphatic heterocycles. The number of carbonyl (C=O) groups excluding carboxylic acids is 1. The highest BCUT2D eigenvalue weighted by molar-refractivity contribution is 5.87. The molecule has 0 aliphatic carbocycles. The van der Waals surface area contributed by atoms with Crippen molar-refractivity contribution in [2.75, 3.05) is 13.7 Å². The second kappa shape index (κ2) is 6.97. The van der Waals surface area contributed by atoms with Crippen LogP contribution in [0.15, 0.2) is 42.1 Å². The number of allylic oxidation sites excluding steroid dienone is 1. The van der Waals surface area contributed by atoms with E-state index in [2.05, 4.69) is 22.3 Å². The molecular weight excluding hydrogens is 266 g/mol. The summed E-state index contributed by atoms with van der Waals surface area (Å²) >= 11 is 0. The molecule has 1 aromatic heterocycles. The summed E-state index contributed by atoms with van der Waals surface area (Å²) in [7, 11) is 1.39. The molecule has 21 heavy (non-hydrogen) atoms. The van der Waals surface area contributed by atoms with Gasteiger partial charge in [0.25, 0.3) is 0 Å². The molecule has 0 N–H and O–H groups in total. The highest BCUT2D eigenvalue weighted by Gasteiger charge is 2.05. The van der Waals surface area contributed by atoms with Crippen LogP contribution in [0.4, 0.5) is 0 Å². The normalized spacial score (nSPS) is 11.7. The van der Waals surface area contributed by atoms with Gasteiger partial charge in [-0.15, -0.1) is 0 Å². The minimum Gasteiger partial charge on any atom is -0.494 e. The zero-order valence-electron chi connectivity index (χ0n) is 12.8. The van der Waals surface area contributed by atoms with Crippen LogP contribution < -0.4 is 4.74 Å². The van der Waals surface area contributed by atoms with Crippen molar-refractivity contribution in [1.82, 2.24) is 4.57 Å². The molecule has 2 aromatic rings. The number of rotatable bonds is 6.